The maximum Gasteiger partial charge on any atom is 0.272 e. The summed E-state index contributed by atoms with van der Waals surface area (Å²) in [4.78, 5) is 14.9. The van der Waals surface area contributed by atoms with Crippen molar-refractivity contribution in [2.24, 2.45) is 11.8 Å². The molecule has 1 aliphatic carbocycles. The van der Waals surface area contributed by atoms with Gasteiger partial charge in [-0.05, 0) is 50.0 Å². The quantitative estimate of drug-likeness (QED) is 0.654. The number of hydrogen-bond acceptors (Lipinski definition) is 6. The van der Waals surface area contributed by atoms with E-state index in [4.69, 9.17) is 9.84 Å². The molecule has 4 atom stereocenters. The number of aromatic nitrogens is 5. The Morgan fingerprint density at radius 2 is 1.88 bits per heavy atom. The first-order chi connectivity index (χ1) is 16.2. The molecule has 4 heterocycles. The van der Waals surface area contributed by atoms with E-state index in [-0.39, 0.29) is 11.7 Å². The molecule has 0 radical (unpaired) electrons. The summed E-state index contributed by atoms with van der Waals surface area (Å²) < 4.78 is 8.34. The molecule has 1 N–H and O–H groups in total. The van der Waals surface area contributed by atoms with Gasteiger partial charge in [-0.25, -0.2) is 5.10 Å². The van der Waals surface area contributed by atoms with Crippen molar-refractivity contribution in [3.63, 3.8) is 0 Å². The molecule has 3 fully saturated rings. The minimum absolute atomic E-state index is 0.142. The Kier molecular flexibility index (Phi) is 5.40. The Labute approximate surface area is 193 Å². The van der Waals surface area contributed by atoms with E-state index < -0.39 is 0 Å². The third kappa shape index (κ3) is 3.64. The van der Waals surface area contributed by atoms with Gasteiger partial charge in [-0.3, -0.25) is 9.36 Å². The number of ether oxygens (including phenoxy) is 1. The molecule has 0 amide bonds. The minimum atomic E-state index is -0.185. The average molecular weight is 449 g/mol. The van der Waals surface area contributed by atoms with Gasteiger partial charge in [-0.2, -0.15) is 5.10 Å². The number of hydrogen-bond donors (Lipinski definition) is 1. The Morgan fingerprint density at radius 1 is 1.06 bits per heavy atom. The second-order valence-electron chi connectivity index (χ2n) is 10.0. The molecule has 8 nitrogen and oxygen atoms in total. The van der Waals surface area contributed by atoms with Gasteiger partial charge in [0.25, 0.3) is 5.56 Å². The lowest BCUT2D eigenvalue weighted by Gasteiger charge is -2.33. The van der Waals surface area contributed by atoms with Gasteiger partial charge in [-0.15, -0.1) is 10.2 Å². The first kappa shape index (κ1) is 20.8. The second kappa shape index (κ2) is 8.56. The van der Waals surface area contributed by atoms with Crippen LogP contribution in [0.1, 0.15) is 51.9 Å². The van der Waals surface area contributed by atoms with Gasteiger partial charge in [-0.1, -0.05) is 38.0 Å². The van der Waals surface area contributed by atoms with E-state index in [1.54, 1.807) is 0 Å². The van der Waals surface area contributed by atoms with Crippen molar-refractivity contribution in [3.05, 3.63) is 34.6 Å². The molecular formula is C25H32N6O2. The van der Waals surface area contributed by atoms with E-state index in [0.29, 0.717) is 35.4 Å². The summed E-state index contributed by atoms with van der Waals surface area (Å²) in [5, 5.41) is 18.0. The molecule has 2 saturated heterocycles. The zero-order valence-corrected chi connectivity index (χ0v) is 19.2. The number of anilines is 1. The number of rotatable bonds is 4. The lowest BCUT2D eigenvalue weighted by molar-refractivity contribution is 0.00635. The molecule has 174 valence electrons. The Morgan fingerprint density at radius 3 is 2.73 bits per heavy atom. The molecule has 0 spiro atoms. The van der Waals surface area contributed by atoms with Crippen LogP contribution in [0.5, 0.6) is 0 Å². The van der Waals surface area contributed by atoms with Crippen molar-refractivity contribution in [2.45, 2.75) is 70.6 Å². The molecule has 1 saturated carbocycles. The third-order valence-electron chi connectivity index (χ3n) is 7.95. The minimum Gasteiger partial charge on any atom is -0.376 e. The molecule has 1 aromatic carbocycles. The lowest BCUT2D eigenvalue weighted by atomic mass is 9.80. The van der Waals surface area contributed by atoms with Crippen LogP contribution in [0.3, 0.4) is 0 Å². The maximum atomic E-state index is 12.4. The summed E-state index contributed by atoms with van der Waals surface area (Å²) in [5.74, 6) is 3.02. The molecule has 8 heteroatoms. The van der Waals surface area contributed by atoms with E-state index in [0.717, 1.165) is 43.2 Å². The highest BCUT2D eigenvalue weighted by molar-refractivity contribution is 5.92. The van der Waals surface area contributed by atoms with Crippen molar-refractivity contribution in [3.8, 4) is 11.5 Å². The number of aromatic amines is 1. The number of benzene rings is 1. The smallest absolute Gasteiger partial charge is 0.272 e. The van der Waals surface area contributed by atoms with E-state index in [9.17, 15) is 4.79 Å². The maximum absolute atomic E-state index is 12.4. The first-order valence-electron chi connectivity index (χ1n) is 12.5. The number of nitrogens with one attached hydrogen (secondary N) is 1. The monoisotopic (exact) mass is 448 g/mol. The molecule has 2 aliphatic heterocycles. The fraction of sp³-hybridized carbons (Fsp3) is 0.600. The molecule has 3 aliphatic rings. The number of nitrogens with zero attached hydrogens (tertiary/aromatic N) is 5. The first-order valence-corrected chi connectivity index (χ1v) is 12.5. The largest absolute Gasteiger partial charge is 0.376 e. The predicted molar refractivity (Wildman–Crippen MR) is 127 cm³/mol. The molecule has 0 bridgehead atoms. The standard InChI is InChI=1S/C25H32N6O2/c1-16-14-30(21-12-5-4-9-18(16)21)25-29-27-23(31(25)15-17-8-6-7-13-33-17)22-19-10-2-3-11-20(19)24(32)28-26-22/h2-3,10-11,16-18,21H,4-9,12-15H2,1H3,(H,28,32). The third-order valence-corrected chi connectivity index (χ3v) is 7.95. The Balaban J connectivity index is 1.47. The summed E-state index contributed by atoms with van der Waals surface area (Å²) in [6.45, 7) is 4.91. The van der Waals surface area contributed by atoms with Crippen molar-refractivity contribution in [2.75, 3.05) is 18.1 Å². The number of fused-ring (bicyclic) bond motifs is 2. The van der Waals surface area contributed by atoms with Crippen LogP contribution < -0.4 is 10.5 Å². The highest BCUT2D eigenvalue weighted by atomic mass is 16.5. The summed E-state index contributed by atoms with van der Waals surface area (Å²) >= 11 is 0. The van der Waals surface area contributed by atoms with Gasteiger partial charge in [0.2, 0.25) is 5.95 Å². The van der Waals surface area contributed by atoms with Gasteiger partial charge in [0.05, 0.1) is 18.0 Å². The zero-order chi connectivity index (χ0) is 22.4. The molecule has 2 aromatic heterocycles. The van der Waals surface area contributed by atoms with Crippen molar-refractivity contribution in [1.82, 2.24) is 25.0 Å². The van der Waals surface area contributed by atoms with E-state index in [2.05, 4.69) is 31.7 Å². The van der Waals surface area contributed by atoms with Crippen LogP contribution in [-0.4, -0.2) is 50.3 Å². The van der Waals surface area contributed by atoms with Crippen molar-refractivity contribution < 1.29 is 4.74 Å². The Bertz CT molecular complexity index is 1200. The van der Waals surface area contributed by atoms with Crippen LogP contribution in [0.2, 0.25) is 0 Å². The van der Waals surface area contributed by atoms with E-state index >= 15 is 0 Å². The SMILES string of the molecule is CC1CN(c2nnc(-c3n[nH]c(=O)c4ccccc34)n2CC2CCCCO2)C2CCCCC12. The van der Waals surface area contributed by atoms with Gasteiger partial charge in [0.1, 0.15) is 5.69 Å². The highest BCUT2D eigenvalue weighted by Crippen LogP contribution is 2.42. The van der Waals surface area contributed by atoms with Crippen LogP contribution in [0.25, 0.3) is 22.3 Å². The lowest BCUT2D eigenvalue weighted by Crippen LogP contribution is -2.37. The van der Waals surface area contributed by atoms with Crippen LogP contribution >= 0.6 is 0 Å². The van der Waals surface area contributed by atoms with E-state index in [1.807, 2.05) is 24.3 Å². The zero-order valence-electron chi connectivity index (χ0n) is 19.2. The van der Waals surface area contributed by atoms with Crippen LogP contribution in [0, 0.1) is 11.8 Å². The molecular weight excluding hydrogens is 416 g/mol. The fourth-order valence-corrected chi connectivity index (χ4v) is 6.29. The normalized spacial score (nSPS) is 27.7. The molecule has 4 unspecified atom stereocenters. The highest BCUT2D eigenvalue weighted by Gasteiger charge is 2.43. The molecule has 33 heavy (non-hydrogen) atoms. The molecule has 3 aromatic rings. The second-order valence-corrected chi connectivity index (χ2v) is 10.0. The summed E-state index contributed by atoms with van der Waals surface area (Å²) in [6, 6.07) is 8.12. The van der Waals surface area contributed by atoms with Crippen LogP contribution in [0.4, 0.5) is 5.95 Å². The van der Waals surface area contributed by atoms with Crippen molar-refractivity contribution >= 4 is 16.7 Å². The van der Waals surface area contributed by atoms with Gasteiger partial charge in [0, 0.05) is 24.6 Å². The predicted octanol–water partition coefficient (Wildman–Crippen LogP) is 3.77. The Hall–Kier alpha value is -2.74. The summed E-state index contributed by atoms with van der Waals surface area (Å²) in [6.07, 6.45) is 8.63. The van der Waals surface area contributed by atoms with Gasteiger partial charge < -0.3 is 9.64 Å². The van der Waals surface area contributed by atoms with Gasteiger partial charge in [0.15, 0.2) is 5.82 Å². The molecule has 6 rings (SSSR count). The van der Waals surface area contributed by atoms with Gasteiger partial charge >= 0.3 is 0 Å². The van der Waals surface area contributed by atoms with Crippen molar-refractivity contribution in [1.29, 1.82) is 0 Å². The van der Waals surface area contributed by atoms with Crippen LogP contribution in [-0.2, 0) is 11.3 Å². The summed E-state index contributed by atoms with van der Waals surface area (Å²) in [7, 11) is 0. The van der Waals surface area contributed by atoms with Crippen LogP contribution in [0.15, 0.2) is 29.1 Å². The summed E-state index contributed by atoms with van der Waals surface area (Å²) in [5.41, 5.74) is 0.488. The fourth-order valence-electron chi connectivity index (χ4n) is 6.29. The average Bonchev–Trinajstić information content (AvgIpc) is 3.41. The number of H-pyrrole nitrogens is 1. The van der Waals surface area contributed by atoms with E-state index in [1.165, 1.54) is 32.1 Å². The topological polar surface area (TPSA) is 88.9 Å².